The maximum atomic E-state index is 12.4. The molecule has 0 aromatic rings. The summed E-state index contributed by atoms with van der Waals surface area (Å²) in [6.07, 6.45) is -4.29. The first-order valence-electron chi connectivity index (χ1n) is 4.69. The van der Waals surface area contributed by atoms with E-state index in [-0.39, 0.29) is 19.0 Å². The van der Waals surface area contributed by atoms with E-state index in [1.54, 1.807) is 0 Å². The van der Waals surface area contributed by atoms with Crippen LogP contribution in [0.5, 0.6) is 0 Å². The van der Waals surface area contributed by atoms with Gasteiger partial charge in [0.2, 0.25) is 5.91 Å². The van der Waals surface area contributed by atoms with E-state index in [4.69, 9.17) is 5.73 Å². The van der Waals surface area contributed by atoms with Gasteiger partial charge in [0.05, 0.1) is 12.5 Å². The summed E-state index contributed by atoms with van der Waals surface area (Å²) >= 11 is 0. The largest absolute Gasteiger partial charge is 0.394 e. The molecular formula is C8H14F3N3O. The molecule has 1 heterocycles. The Balaban J connectivity index is 2.48. The van der Waals surface area contributed by atoms with Crippen LogP contribution in [0.15, 0.2) is 0 Å². The fourth-order valence-electron chi connectivity index (χ4n) is 1.47. The number of nitrogens with one attached hydrogen (secondary N) is 1. The normalized spacial score (nSPS) is 21.2. The highest BCUT2D eigenvalue weighted by atomic mass is 19.4. The van der Waals surface area contributed by atoms with E-state index in [9.17, 15) is 18.0 Å². The van der Waals surface area contributed by atoms with Gasteiger partial charge in [0, 0.05) is 26.2 Å². The Morgan fingerprint density at radius 1 is 1.53 bits per heavy atom. The smallest absolute Gasteiger partial charge is 0.354 e. The van der Waals surface area contributed by atoms with Gasteiger partial charge in [0.1, 0.15) is 0 Å². The lowest BCUT2D eigenvalue weighted by Gasteiger charge is -2.30. The van der Waals surface area contributed by atoms with Gasteiger partial charge in [-0.15, -0.1) is 0 Å². The third kappa shape index (κ3) is 3.67. The lowest BCUT2D eigenvalue weighted by atomic mass is 10.1. The number of halogens is 3. The highest BCUT2D eigenvalue weighted by Gasteiger charge is 2.39. The summed E-state index contributed by atoms with van der Waals surface area (Å²) in [5, 5.41) is 2.55. The fraction of sp³-hybridized carbons (Fsp3) is 0.875. The lowest BCUT2D eigenvalue weighted by molar-refractivity contribution is -0.177. The second-order valence-corrected chi connectivity index (χ2v) is 3.56. The molecule has 0 aromatic heterocycles. The molecule has 4 nitrogen and oxygen atoms in total. The lowest BCUT2D eigenvalue weighted by Crippen LogP contribution is -2.51. The predicted octanol–water partition coefficient (Wildman–Crippen LogP) is -0.445. The summed E-state index contributed by atoms with van der Waals surface area (Å²) in [4.78, 5) is 12.4. The molecule has 1 saturated heterocycles. The van der Waals surface area contributed by atoms with E-state index in [1.165, 1.54) is 4.90 Å². The number of rotatable bonds is 3. The van der Waals surface area contributed by atoms with Crippen LogP contribution in [0.25, 0.3) is 0 Å². The molecule has 0 spiro atoms. The number of piperazine rings is 1. The van der Waals surface area contributed by atoms with E-state index in [2.05, 4.69) is 5.32 Å². The number of carbonyl (C=O) groups is 1. The van der Waals surface area contributed by atoms with Crippen molar-refractivity contribution < 1.29 is 18.0 Å². The van der Waals surface area contributed by atoms with Crippen molar-refractivity contribution in [2.24, 2.45) is 11.7 Å². The molecule has 1 fully saturated rings. The third-order valence-corrected chi connectivity index (χ3v) is 2.34. The second-order valence-electron chi connectivity index (χ2n) is 3.56. The van der Waals surface area contributed by atoms with Gasteiger partial charge in [-0.3, -0.25) is 9.69 Å². The molecule has 15 heavy (non-hydrogen) atoms. The molecule has 7 heteroatoms. The van der Waals surface area contributed by atoms with Crippen LogP contribution in [0.4, 0.5) is 13.2 Å². The quantitative estimate of drug-likeness (QED) is 0.684. The number of nitrogens with two attached hydrogens (primary N) is 1. The molecule has 1 amide bonds. The Hall–Kier alpha value is -0.820. The van der Waals surface area contributed by atoms with Crippen molar-refractivity contribution in [3.05, 3.63) is 0 Å². The SMILES string of the molecule is NCC(CN1CCNC(=O)C1)C(F)(F)F. The minimum Gasteiger partial charge on any atom is -0.354 e. The van der Waals surface area contributed by atoms with Crippen molar-refractivity contribution in [2.75, 3.05) is 32.7 Å². The van der Waals surface area contributed by atoms with Crippen molar-refractivity contribution in [2.45, 2.75) is 6.18 Å². The van der Waals surface area contributed by atoms with Gasteiger partial charge in [-0.25, -0.2) is 0 Å². The monoisotopic (exact) mass is 225 g/mol. The maximum Gasteiger partial charge on any atom is 0.394 e. The average molecular weight is 225 g/mol. The Labute approximate surface area is 85.6 Å². The van der Waals surface area contributed by atoms with Crippen LogP contribution < -0.4 is 11.1 Å². The first-order chi connectivity index (χ1) is 6.93. The summed E-state index contributed by atoms with van der Waals surface area (Å²) in [5.41, 5.74) is 5.06. The Morgan fingerprint density at radius 3 is 2.67 bits per heavy atom. The van der Waals surface area contributed by atoms with Crippen LogP contribution in [0, 0.1) is 5.92 Å². The standard InChI is InChI=1S/C8H14F3N3O/c9-8(10,11)6(3-12)4-14-2-1-13-7(15)5-14/h6H,1-5,12H2,(H,13,15). The van der Waals surface area contributed by atoms with Crippen molar-refractivity contribution >= 4 is 5.91 Å². The molecule has 0 saturated carbocycles. The van der Waals surface area contributed by atoms with Gasteiger partial charge >= 0.3 is 6.18 Å². The Kier molecular flexibility index (Phi) is 3.92. The first kappa shape index (κ1) is 12.3. The highest BCUT2D eigenvalue weighted by molar-refractivity contribution is 5.78. The summed E-state index contributed by atoms with van der Waals surface area (Å²) in [6, 6.07) is 0. The van der Waals surface area contributed by atoms with Gasteiger partial charge < -0.3 is 11.1 Å². The van der Waals surface area contributed by atoms with Gasteiger partial charge in [-0.05, 0) is 0 Å². The predicted molar refractivity (Wildman–Crippen MR) is 48.0 cm³/mol. The molecule has 1 aliphatic rings. The topological polar surface area (TPSA) is 58.4 Å². The van der Waals surface area contributed by atoms with E-state index in [0.717, 1.165) is 0 Å². The first-order valence-corrected chi connectivity index (χ1v) is 4.69. The summed E-state index contributed by atoms with van der Waals surface area (Å²) in [6.45, 7) is 0.216. The number of nitrogens with zero attached hydrogens (tertiary/aromatic N) is 1. The van der Waals surface area contributed by atoms with Gasteiger partial charge in [-0.1, -0.05) is 0 Å². The third-order valence-electron chi connectivity index (χ3n) is 2.34. The van der Waals surface area contributed by atoms with Crippen LogP contribution >= 0.6 is 0 Å². The molecule has 0 bridgehead atoms. The maximum absolute atomic E-state index is 12.4. The van der Waals surface area contributed by atoms with Gasteiger partial charge in [0.25, 0.3) is 0 Å². The minimum absolute atomic E-state index is 0.0204. The zero-order valence-corrected chi connectivity index (χ0v) is 8.18. The molecule has 1 atom stereocenters. The Morgan fingerprint density at radius 2 is 2.20 bits per heavy atom. The minimum atomic E-state index is -4.29. The molecule has 3 N–H and O–H groups in total. The molecule has 88 valence electrons. The molecule has 0 aromatic carbocycles. The van der Waals surface area contributed by atoms with Gasteiger partial charge in [-0.2, -0.15) is 13.2 Å². The summed E-state index contributed by atoms with van der Waals surface area (Å²) < 4.78 is 37.1. The molecule has 1 rings (SSSR count). The molecule has 1 unspecified atom stereocenters. The van der Waals surface area contributed by atoms with E-state index in [1.807, 2.05) is 0 Å². The van der Waals surface area contributed by atoms with Crippen LogP contribution in [-0.4, -0.2) is 49.7 Å². The van der Waals surface area contributed by atoms with Crippen LogP contribution in [-0.2, 0) is 4.79 Å². The van der Waals surface area contributed by atoms with Crippen LogP contribution in [0.3, 0.4) is 0 Å². The molecule has 0 aliphatic carbocycles. The van der Waals surface area contributed by atoms with Crippen LogP contribution in [0.2, 0.25) is 0 Å². The van der Waals surface area contributed by atoms with E-state index < -0.39 is 18.6 Å². The summed E-state index contributed by atoms with van der Waals surface area (Å²) in [7, 11) is 0. The fourth-order valence-corrected chi connectivity index (χ4v) is 1.47. The molecule has 1 aliphatic heterocycles. The number of carbonyl (C=O) groups excluding carboxylic acids is 1. The zero-order valence-electron chi connectivity index (χ0n) is 8.18. The molecular weight excluding hydrogens is 211 g/mol. The van der Waals surface area contributed by atoms with Crippen molar-refractivity contribution in [1.82, 2.24) is 10.2 Å². The summed E-state index contributed by atoms with van der Waals surface area (Å²) in [5.74, 6) is -1.79. The number of amides is 1. The van der Waals surface area contributed by atoms with E-state index in [0.29, 0.717) is 13.1 Å². The van der Waals surface area contributed by atoms with Crippen molar-refractivity contribution in [3.63, 3.8) is 0 Å². The molecule has 0 radical (unpaired) electrons. The second kappa shape index (κ2) is 4.80. The number of alkyl halides is 3. The highest BCUT2D eigenvalue weighted by Crippen LogP contribution is 2.26. The van der Waals surface area contributed by atoms with Crippen molar-refractivity contribution in [1.29, 1.82) is 0 Å². The van der Waals surface area contributed by atoms with Crippen molar-refractivity contribution in [3.8, 4) is 0 Å². The van der Waals surface area contributed by atoms with Crippen LogP contribution in [0.1, 0.15) is 0 Å². The van der Waals surface area contributed by atoms with Gasteiger partial charge in [0.15, 0.2) is 0 Å². The Bertz CT molecular complexity index is 232. The van der Waals surface area contributed by atoms with E-state index >= 15 is 0 Å². The average Bonchev–Trinajstić information content (AvgIpc) is 2.12. The number of hydrogen-bond donors (Lipinski definition) is 2. The number of hydrogen-bond acceptors (Lipinski definition) is 3. The zero-order chi connectivity index (χ0) is 11.5.